The number of rotatable bonds is 3. The molecule has 0 saturated heterocycles. The summed E-state index contributed by atoms with van der Waals surface area (Å²) in [5.74, 6) is 0.669. The molecule has 0 aliphatic carbocycles. The average molecular weight is 291 g/mol. The first-order chi connectivity index (χ1) is 9.72. The van der Waals surface area contributed by atoms with Gasteiger partial charge in [-0.05, 0) is 30.3 Å². The van der Waals surface area contributed by atoms with Crippen molar-refractivity contribution in [1.29, 1.82) is 0 Å². The van der Waals surface area contributed by atoms with Gasteiger partial charge < -0.3 is 4.42 Å². The maximum Gasteiger partial charge on any atom is 0.147 e. The fraction of sp³-hybridized carbons (Fsp3) is 0. The second-order valence-corrected chi connectivity index (χ2v) is 4.32. The molecule has 0 atom stereocenters. The SMILES string of the molecule is Fc1ccc(-c2ccc(/C=N\n3cnnc3)o2)cc1Cl. The zero-order valence-corrected chi connectivity index (χ0v) is 10.8. The predicted molar refractivity (Wildman–Crippen MR) is 72.1 cm³/mol. The maximum absolute atomic E-state index is 13.1. The molecule has 20 heavy (non-hydrogen) atoms. The molecule has 0 bridgehead atoms. The van der Waals surface area contributed by atoms with Crippen LogP contribution in [-0.2, 0) is 0 Å². The van der Waals surface area contributed by atoms with Gasteiger partial charge in [-0.3, -0.25) is 0 Å². The smallest absolute Gasteiger partial charge is 0.147 e. The Kier molecular flexibility index (Phi) is 3.30. The molecule has 0 aliphatic rings. The molecule has 3 aromatic rings. The van der Waals surface area contributed by atoms with Crippen molar-refractivity contribution in [2.75, 3.05) is 0 Å². The van der Waals surface area contributed by atoms with E-state index in [1.807, 2.05) is 0 Å². The molecule has 1 aromatic carbocycles. The Labute approximate surface area is 118 Å². The van der Waals surface area contributed by atoms with Crippen LogP contribution < -0.4 is 0 Å². The predicted octanol–water partition coefficient (Wildman–Crippen LogP) is 3.21. The van der Waals surface area contributed by atoms with Crippen LogP contribution in [0.15, 0.2) is 52.5 Å². The summed E-state index contributed by atoms with van der Waals surface area (Å²) in [5.41, 5.74) is 0.695. The quantitative estimate of drug-likeness (QED) is 0.696. The van der Waals surface area contributed by atoms with Crippen molar-refractivity contribution in [1.82, 2.24) is 14.9 Å². The molecular formula is C13H8ClFN4O. The van der Waals surface area contributed by atoms with Crippen molar-refractivity contribution in [2.24, 2.45) is 5.10 Å². The lowest BCUT2D eigenvalue weighted by atomic mass is 10.2. The molecular weight excluding hydrogens is 283 g/mol. The van der Waals surface area contributed by atoms with Crippen LogP contribution in [0.4, 0.5) is 4.39 Å². The number of halogens is 2. The summed E-state index contributed by atoms with van der Waals surface area (Å²) in [5, 5.41) is 11.4. The minimum absolute atomic E-state index is 0.0543. The van der Waals surface area contributed by atoms with Crippen LogP contribution in [0.2, 0.25) is 5.02 Å². The van der Waals surface area contributed by atoms with Gasteiger partial charge in [-0.1, -0.05) is 11.6 Å². The van der Waals surface area contributed by atoms with E-state index < -0.39 is 5.82 Å². The van der Waals surface area contributed by atoms with Crippen molar-refractivity contribution >= 4 is 17.8 Å². The van der Waals surface area contributed by atoms with Crippen molar-refractivity contribution < 1.29 is 8.81 Å². The minimum Gasteiger partial charge on any atom is -0.455 e. The van der Waals surface area contributed by atoms with Crippen molar-refractivity contribution in [3.05, 3.63) is 59.6 Å². The highest BCUT2D eigenvalue weighted by Gasteiger charge is 2.06. The van der Waals surface area contributed by atoms with E-state index in [2.05, 4.69) is 15.3 Å². The van der Waals surface area contributed by atoms with E-state index in [0.717, 1.165) is 0 Å². The van der Waals surface area contributed by atoms with Crippen LogP contribution >= 0.6 is 11.6 Å². The Morgan fingerprint density at radius 1 is 1.20 bits per heavy atom. The van der Waals surface area contributed by atoms with Gasteiger partial charge in [-0.15, -0.1) is 10.2 Å². The van der Waals surface area contributed by atoms with Gasteiger partial charge >= 0.3 is 0 Å². The second-order valence-electron chi connectivity index (χ2n) is 3.92. The van der Waals surface area contributed by atoms with Crippen LogP contribution in [0, 0.1) is 5.82 Å². The minimum atomic E-state index is -0.462. The molecule has 2 aromatic heterocycles. The molecule has 0 aliphatic heterocycles. The first-order valence-corrected chi connectivity index (χ1v) is 6.04. The van der Waals surface area contributed by atoms with E-state index >= 15 is 0 Å². The van der Waals surface area contributed by atoms with Gasteiger partial charge in [0, 0.05) is 5.56 Å². The van der Waals surface area contributed by atoms with Crippen LogP contribution in [0.1, 0.15) is 5.76 Å². The number of nitrogens with zero attached hydrogens (tertiary/aromatic N) is 4. The summed E-state index contributed by atoms with van der Waals surface area (Å²) >= 11 is 5.74. The van der Waals surface area contributed by atoms with Crippen molar-refractivity contribution in [3.63, 3.8) is 0 Å². The molecule has 3 rings (SSSR count). The Bertz CT molecular complexity index is 752. The van der Waals surface area contributed by atoms with Gasteiger partial charge in [-0.25, -0.2) is 9.07 Å². The van der Waals surface area contributed by atoms with Crippen molar-refractivity contribution in [2.45, 2.75) is 0 Å². The number of hydrogen-bond donors (Lipinski definition) is 0. The normalized spacial score (nSPS) is 11.3. The summed E-state index contributed by atoms with van der Waals surface area (Å²) in [6, 6.07) is 7.92. The second kappa shape index (κ2) is 5.26. The molecule has 0 N–H and O–H groups in total. The molecule has 0 saturated carbocycles. The van der Waals surface area contributed by atoms with Crippen LogP contribution in [0.5, 0.6) is 0 Å². The summed E-state index contributed by atoms with van der Waals surface area (Å²) in [6.07, 6.45) is 4.44. The van der Waals surface area contributed by atoms with E-state index in [0.29, 0.717) is 17.1 Å². The topological polar surface area (TPSA) is 56.2 Å². The molecule has 0 unspecified atom stereocenters. The third-order valence-corrected chi connectivity index (χ3v) is 2.85. The monoisotopic (exact) mass is 290 g/mol. The molecule has 0 amide bonds. The van der Waals surface area contributed by atoms with Crippen LogP contribution in [0.3, 0.4) is 0 Å². The van der Waals surface area contributed by atoms with E-state index in [9.17, 15) is 4.39 Å². The van der Waals surface area contributed by atoms with E-state index in [-0.39, 0.29) is 5.02 Å². The Balaban J connectivity index is 1.84. The first kappa shape index (κ1) is 12.6. The standard InChI is InChI=1S/C13H8ClFN4O/c14-11-5-9(1-3-12(11)15)13-4-2-10(20-13)6-18-19-7-16-17-8-19/h1-8H/b18-6-. The lowest BCUT2D eigenvalue weighted by Gasteiger charge is -1.98. The highest BCUT2D eigenvalue weighted by Crippen LogP contribution is 2.26. The molecule has 7 heteroatoms. The number of hydrogen-bond acceptors (Lipinski definition) is 4. The van der Waals surface area contributed by atoms with Gasteiger partial charge in [0.15, 0.2) is 0 Å². The highest BCUT2D eigenvalue weighted by molar-refractivity contribution is 6.31. The molecule has 0 radical (unpaired) electrons. The fourth-order valence-corrected chi connectivity index (χ4v) is 1.79. The number of benzene rings is 1. The third kappa shape index (κ3) is 2.60. The maximum atomic E-state index is 13.1. The number of furan rings is 1. The lowest BCUT2D eigenvalue weighted by Crippen LogP contribution is -1.85. The summed E-state index contributed by atoms with van der Waals surface area (Å²) in [7, 11) is 0. The van der Waals surface area contributed by atoms with E-state index in [4.69, 9.17) is 16.0 Å². The van der Waals surface area contributed by atoms with Crippen LogP contribution in [-0.4, -0.2) is 21.1 Å². The van der Waals surface area contributed by atoms with E-state index in [1.54, 1.807) is 18.2 Å². The van der Waals surface area contributed by atoms with Gasteiger partial charge in [-0.2, -0.15) is 5.10 Å². The third-order valence-electron chi connectivity index (χ3n) is 2.56. The van der Waals surface area contributed by atoms with E-state index in [1.165, 1.54) is 35.7 Å². The summed E-state index contributed by atoms with van der Waals surface area (Å²) < 4.78 is 20.1. The van der Waals surface area contributed by atoms with Gasteiger partial charge in [0.2, 0.25) is 0 Å². The van der Waals surface area contributed by atoms with Gasteiger partial charge in [0.25, 0.3) is 0 Å². The zero-order valence-electron chi connectivity index (χ0n) is 10.1. The van der Waals surface area contributed by atoms with Gasteiger partial charge in [0.1, 0.15) is 30.0 Å². The lowest BCUT2D eigenvalue weighted by molar-refractivity contribution is 0.573. The number of aromatic nitrogens is 3. The molecule has 100 valence electrons. The largest absolute Gasteiger partial charge is 0.455 e. The summed E-state index contributed by atoms with van der Waals surface area (Å²) in [4.78, 5) is 0. The summed E-state index contributed by atoms with van der Waals surface area (Å²) in [6.45, 7) is 0. The fourth-order valence-electron chi connectivity index (χ4n) is 1.61. The first-order valence-electron chi connectivity index (χ1n) is 5.66. The van der Waals surface area contributed by atoms with Gasteiger partial charge in [0.05, 0.1) is 11.2 Å². The molecule has 0 spiro atoms. The Morgan fingerprint density at radius 2 is 2.00 bits per heavy atom. The Hall–Kier alpha value is -2.47. The van der Waals surface area contributed by atoms with Crippen molar-refractivity contribution in [3.8, 4) is 11.3 Å². The highest BCUT2D eigenvalue weighted by atomic mass is 35.5. The zero-order chi connectivity index (χ0) is 13.9. The average Bonchev–Trinajstić information content (AvgIpc) is 3.10. The molecule has 2 heterocycles. The van der Waals surface area contributed by atoms with Crippen LogP contribution in [0.25, 0.3) is 11.3 Å². The molecule has 0 fully saturated rings. The Morgan fingerprint density at radius 3 is 2.75 bits per heavy atom. The molecule has 5 nitrogen and oxygen atoms in total.